The fourth-order valence-electron chi connectivity index (χ4n) is 1.62. The van der Waals surface area contributed by atoms with Crippen molar-refractivity contribution in [2.24, 2.45) is 0 Å². The highest BCUT2D eigenvalue weighted by Gasteiger charge is 2.39. The third kappa shape index (κ3) is 1.83. The average molecular weight is 225 g/mol. The van der Waals surface area contributed by atoms with E-state index < -0.39 is 12.1 Å². The van der Waals surface area contributed by atoms with Gasteiger partial charge in [0.2, 0.25) is 6.10 Å². The second-order valence-corrected chi connectivity index (χ2v) is 4.06. The normalized spacial score (nSPS) is 23.7. The van der Waals surface area contributed by atoms with Gasteiger partial charge in [-0.25, -0.2) is 4.79 Å². The van der Waals surface area contributed by atoms with Crippen molar-refractivity contribution in [1.29, 1.82) is 0 Å². The van der Waals surface area contributed by atoms with Gasteiger partial charge in [-0.2, -0.15) is 0 Å². The molecule has 78 valence electrons. The van der Waals surface area contributed by atoms with Crippen molar-refractivity contribution in [2.75, 3.05) is 0 Å². The van der Waals surface area contributed by atoms with E-state index in [2.05, 4.69) is 0 Å². The Morgan fingerprint density at radius 3 is 2.87 bits per heavy atom. The number of para-hydroxylation sites is 1. The molecular formula is C10H9O4S+. The summed E-state index contributed by atoms with van der Waals surface area (Å²) in [5.74, 6) is -0.520. The maximum Gasteiger partial charge on any atom is 0.467 e. The largest absolute Gasteiger partial charge is 0.479 e. The molecule has 0 saturated heterocycles. The molecule has 1 aromatic carbocycles. The molecule has 2 atom stereocenters. The molecule has 0 aliphatic carbocycles. The van der Waals surface area contributed by atoms with Gasteiger partial charge < -0.3 is 9.84 Å². The number of fused-ring (bicyclic) bond motifs is 1. The topological polar surface area (TPSA) is 63.6 Å². The van der Waals surface area contributed by atoms with Gasteiger partial charge in [0.05, 0.1) is 12.0 Å². The van der Waals surface area contributed by atoms with E-state index in [1.165, 1.54) is 0 Å². The first-order valence-corrected chi connectivity index (χ1v) is 5.30. The molecule has 0 fully saturated rings. The van der Waals surface area contributed by atoms with Crippen LogP contribution < -0.4 is 4.74 Å². The lowest BCUT2D eigenvalue weighted by Gasteiger charge is -2.22. The molecule has 1 aliphatic heterocycles. The lowest BCUT2D eigenvalue weighted by atomic mass is 10.0. The molecule has 0 bridgehead atoms. The lowest BCUT2D eigenvalue weighted by molar-refractivity contribution is -0.145. The van der Waals surface area contributed by atoms with E-state index in [9.17, 15) is 9.00 Å². The molecule has 0 aromatic heterocycles. The number of hydrogen-bond acceptors (Lipinski definition) is 3. The van der Waals surface area contributed by atoms with Crippen molar-refractivity contribution in [2.45, 2.75) is 17.8 Å². The minimum Gasteiger partial charge on any atom is -0.479 e. The van der Waals surface area contributed by atoms with Crippen LogP contribution >= 0.6 is 0 Å². The molecule has 0 amide bonds. The summed E-state index contributed by atoms with van der Waals surface area (Å²) in [4.78, 5) is 10.8. The van der Waals surface area contributed by atoms with Gasteiger partial charge in [-0.3, -0.25) is 0 Å². The summed E-state index contributed by atoms with van der Waals surface area (Å²) in [6.07, 6.45) is -0.688. The zero-order chi connectivity index (χ0) is 10.8. The van der Waals surface area contributed by atoms with Crippen LogP contribution in [0.3, 0.4) is 0 Å². The molecule has 2 rings (SSSR count). The van der Waals surface area contributed by atoms with Gasteiger partial charge in [0, 0.05) is 4.21 Å². The minimum atomic E-state index is -1.02. The summed E-state index contributed by atoms with van der Waals surface area (Å²) in [7, 11) is 0. The highest BCUT2D eigenvalue weighted by molar-refractivity contribution is 7.65. The molecule has 1 N–H and O–H groups in total. The van der Waals surface area contributed by atoms with Crippen molar-refractivity contribution >= 4 is 17.6 Å². The molecule has 5 heteroatoms. The molecule has 0 radical (unpaired) electrons. The van der Waals surface area contributed by atoms with Crippen LogP contribution in [0.25, 0.3) is 0 Å². The van der Waals surface area contributed by atoms with Crippen LogP contribution in [0.4, 0.5) is 0 Å². The van der Waals surface area contributed by atoms with E-state index in [0.717, 1.165) is 5.56 Å². The molecule has 1 aliphatic rings. The van der Waals surface area contributed by atoms with Crippen LogP contribution in [0.1, 0.15) is 17.2 Å². The Bertz CT molecular complexity index is 404. The lowest BCUT2D eigenvalue weighted by Crippen LogP contribution is -2.32. The van der Waals surface area contributed by atoms with Gasteiger partial charge in [0.25, 0.3) is 5.25 Å². The Balaban J connectivity index is 2.38. The molecule has 4 nitrogen and oxygen atoms in total. The Hall–Kier alpha value is -1.49. The fraction of sp³-hybridized carbons (Fsp3) is 0.300. The zero-order valence-electron chi connectivity index (χ0n) is 7.75. The van der Waals surface area contributed by atoms with E-state index in [1.54, 1.807) is 18.2 Å². The van der Waals surface area contributed by atoms with E-state index in [0.29, 0.717) is 17.4 Å². The summed E-state index contributed by atoms with van der Waals surface area (Å²) in [5.41, 5.74) is 0.787. The SMILES string of the molecule is O=[S+]C1CC(C(=O)O)Oc2ccccc21. The third-order valence-corrected chi connectivity index (χ3v) is 3.03. The van der Waals surface area contributed by atoms with Crippen molar-refractivity contribution in [3.63, 3.8) is 0 Å². The third-order valence-electron chi connectivity index (χ3n) is 2.35. The standard InChI is InChI=1S/C10H8O4S/c11-10(12)8-5-9(15-13)6-3-1-2-4-7(6)14-8/h1-4,8-9H,5H2/p+1. The zero-order valence-corrected chi connectivity index (χ0v) is 8.57. The van der Waals surface area contributed by atoms with E-state index in [-0.39, 0.29) is 11.7 Å². The number of carboxylic acids is 1. The summed E-state index contributed by atoms with van der Waals surface area (Å²) < 4.78 is 16.2. The van der Waals surface area contributed by atoms with E-state index >= 15 is 0 Å². The molecular weight excluding hydrogens is 216 g/mol. The van der Waals surface area contributed by atoms with Gasteiger partial charge in [0.15, 0.2) is 0 Å². The molecule has 0 spiro atoms. The maximum absolute atomic E-state index is 10.9. The second-order valence-electron chi connectivity index (χ2n) is 3.30. The Labute approximate surface area is 90.4 Å². The van der Waals surface area contributed by atoms with Crippen molar-refractivity contribution in [3.8, 4) is 5.75 Å². The number of aliphatic carboxylic acids is 1. The van der Waals surface area contributed by atoms with Gasteiger partial charge in [-0.05, 0) is 12.1 Å². The van der Waals surface area contributed by atoms with Crippen LogP contribution in [0.15, 0.2) is 24.3 Å². The predicted octanol–water partition coefficient (Wildman–Crippen LogP) is 1.39. The summed E-state index contributed by atoms with van der Waals surface area (Å²) in [6, 6.07) is 7.05. The number of ether oxygens (including phenoxy) is 1. The molecule has 1 aromatic rings. The first kappa shape index (κ1) is 10.0. The highest BCUT2D eigenvalue weighted by Crippen LogP contribution is 2.35. The second kappa shape index (κ2) is 3.94. The molecule has 1 heterocycles. The summed E-state index contributed by atoms with van der Waals surface area (Å²) >= 11 is 0.416. The monoisotopic (exact) mass is 225 g/mol. The molecule has 15 heavy (non-hydrogen) atoms. The van der Waals surface area contributed by atoms with Crippen LogP contribution in [0.2, 0.25) is 0 Å². The average Bonchev–Trinajstić information content (AvgIpc) is 2.27. The number of rotatable bonds is 2. The first-order chi connectivity index (χ1) is 7.22. The van der Waals surface area contributed by atoms with Crippen molar-refractivity contribution in [1.82, 2.24) is 0 Å². The van der Waals surface area contributed by atoms with Crippen LogP contribution in [-0.4, -0.2) is 17.2 Å². The molecule has 0 saturated carbocycles. The van der Waals surface area contributed by atoms with Gasteiger partial charge in [-0.1, -0.05) is 12.1 Å². The Kier molecular flexibility index (Phi) is 2.64. The van der Waals surface area contributed by atoms with Gasteiger partial charge >= 0.3 is 17.6 Å². The Morgan fingerprint density at radius 1 is 1.47 bits per heavy atom. The fourth-order valence-corrected chi connectivity index (χ4v) is 2.17. The Morgan fingerprint density at radius 2 is 2.20 bits per heavy atom. The summed E-state index contributed by atoms with van der Waals surface area (Å²) in [6.45, 7) is 0. The van der Waals surface area contributed by atoms with Crippen molar-refractivity contribution < 1.29 is 18.8 Å². The summed E-state index contributed by atoms with van der Waals surface area (Å²) in [5, 5.41) is 8.50. The number of benzene rings is 1. The van der Waals surface area contributed by atoms with Crippen LogP contribution in [-0.2, 0) is 20.7 Å². The minimum absolute atomic E-state index is 0.223. The maximum atomic E-state index is 10.9. The predicted molar refractivity (Wildman–Crippen MR) is 53.9 cm³/mol. The van der Waals surface area contributed by atoms with E-state index in [1.807, 2.05) is 6.07 Å². The smallest absolute Gasteiger partial charge is 0.467 e. The van der Waals surface area contributed by atoms with Crippen LogP contribution in [0.5, 0.6) is 5.75 Å². The van der Waals surface area contributed by atoms with Gasteiger partial charge in [-0.15, -0.1) is 0 Å². The first-order valence-electron chi connectivity index (χ1n) is 4.49. The number of carbonyl (C=O) groups is 1. The highest BCUT2D eigenvalue weighted by atomic mass is 32.1. The van der Waals surface area contributed by atoms with Crippen LogP contribution in [0, 0.1) is 0 Å². The van der Waals surface area contributed by atoms with Gasteiger partial charge in [0.1, 0.15) is 5.75 Å². The van der Waals surface area contributed by atoms with Crippen molar-refractivity contribution in [3.05, 3.63) is 29.8 Å². The van der Waals surface area contributed by atoms with E-state index in [4.69, 9.17) is 9.84 Å². The number of carboxylic acid groups (broad SMARTS) is 1. The number of hydrogen-bond donors (Lipinski definition) is 1. The quantitative estimate of drug-likeness (QED) is 0.772. The molecule has 2 unspecified atom stereocenters.